The van der Waals surface area contributed by atoms with Gasteiger partial charge in [-0.25, -0.2) is 4.98 Å². The minimum absolute atomic E-state index is 0.00803. The van der Waals surface area contributed by atoms with Gasteiger partial charge in [-0.15, -0.1) is 11.3 Å². The molecule has 12 heteroatoms. The predicted molar refractivity (Wildman–Crippen MR) is 110 cm³/mol. The summed E-state index contributed by atoms with van der Waals surface area (Å²) in [5.41, 5.74) is 0.399. The van der Waals surface area contributed by atoms with Crippen molar-refractivity contribution in [2.24, 2.45) is 0 Å². The largest absolute Gasteiger partial charge is 0.452 e. The number of carbonyl (C=O) groups excluding carboxylic acids is 3. The number of ether oxygens (including phenoxy) is 1. The van der Waals surface area contributed by atoms with E-state index in [4.69, 9.17) is 16.3 Å². The first-order valence-electron chi connectivity index (χ1n) is 8.93. The molecule has 0 radical (unpaired) electrons. The highest BCUT2D eigenvalue weighted by atomic mass is 35.5. The number of hydrogen-bond acceptors (Lipinski definition) is 8. The summed E-state index contributed by atoms with van der Waals surface area (Å²) in [5.74, 6) is -1.29. The van der Waals surface area contributed by atoms with Crippen molar-refractivity contribution >= 4 is 57.2 Å². The van der Waals surface area contributed by atoms with Crippen molar-refractivity contribution in [3.05, 3.63) is 44.4 Å². The third-order valence-electron chi connectivity index (χ3n) is 4.27. The molecule has 0 spiro atoms. The van der Waals surface area contributed by atoms with Gasteiger partial charge in [0.05, 0.1) is 27.7 Å². The van der Waals surface area contributed by atoms with Crippen LogP contribution in [-0.2, 0) is 25.5 Å². The van der Waals surface area contributed by atoms with Gasteiger partial charge in [0.25, 0.3) is 11.6 Å². The quantitative estimate of drug-likeness (QED) is 0.388. The first-order valence-corrected chi connectivity index (χ1v) is 10.2. The van der Waals surface area contributed by atoms with Gasteiger partial charge in [0, 0.05) is 30.5 Å². The number of benzene rings is 1. The zero-order valence-corrected chi connectivity index (χ0v) is 17.4. The van der Waals surface area contributed by atoms with Gasteiger partial charge in [0.2, 0.25) is 5.91 Å². The number of anilines is 2. The van der Waals surface area contributed by atoms with Crippen molar-refractivity contribution in [1.82, 2.24) is 4.98 Å². The first kappa shape index (κ1) is 21.7. The average molecular weight is 453 g/mol. The van der Waals surface area contributed by atoms with Crippen LogP contribution < -0.4 is 10.2 Å². The molecule has 1 fully saturated rings. The molecule has 1 saturated heterocycles. The first-order chi connectivity index (χ1) is 14.2. The number of halogens is 1. The number of nitro benzene ring substituents is 1. The maximum Gasteiger partial charge on any atom is 0.312 e. The van der Waals surface area contributed by atoms with E-state index < -0.39 is 22.9 Å². The van der Waals surface area contributed by atoms with Crippen molar-refractivity contribution in [1.29, 1.82) is 0 Å². The zero-order valence-electron chi connectivity index (χ0n) is 15.8. The number of aromatic nitrogens is 1. The monoisotopic (exact) mass is 452 g/mol. The summed E-state index contributed by atoms with van der Waals surface area (Å²) in [6, 6.07) is 3.60. The molecule has 1 unspecified atom stereocenters. The van der Waals surface area contributed by atoms with Gasteiger partial charge in [-0.2, -0.15) is 0 Å². The highest BCUT2D eigenvalue weighted by Crippen LogP contribution is 2.27. The van der Waals surface area contributed by atoms with Crippen molar-refractivity contribution in [2.75, 3.05) is 16.8 Å². The lowest BCUT2D eigenvalue weighted by molar-refractivity contribution is -0.384. The highest BCUT2D eigenvalue weighted by molar-refractivity contribution is 7.14. The van der Waals surface area contributed by atoms with Gasteiger partial charge in [-0.05, 0) is 19.4 Å². The number of nitro groups is 1. The Balaban J connectivity index is 1.54. The molecule has 2 heterocycles. The number of nitrogens with zero attached hydrogens (tertiary/aromatic N) is 3. The second kappa shape index (κ2) is 9.18. The van der Waals surface area contributed by atoms with Crippen LogP contribution in [0.25, 0.3) is 0 Å². The van der Waals surface area contributed by atoms with Gasteiger partial charge in [0.15, 0.2) is 11.2 Å². The van der Waals surface area contributed by atoms with Crippen LogP contribution in [0.3, 0.4) is 0 Å². The second-order valence-corrected chi connectivity index (χ2v) is 7.73. The third-order valence-corrected chi connectivity index (χ3v) is 5.49. The van der Waals surface area contributed by atoms with E-state index in [0.717, 1.165) is 12.5 Å². The Morgan fingerprint density at radius 2 is 2.23 bits per heavy atom. The van der Waals surface area contributed by atoms with E-state index in [2.05, 4.69) is 10.3 Å². The molecule has 1 aromatic carbocycles. The number of rotatable bonds is 7. The van der Waals surface area contributed by atoms with Crippen LogP contribution >= 0.6 is 22.9 Å². The summed E-state index contributed by atoms with van der Waals surface area (Å²) >= 11 is 7.21. The predicted octanol–water partition coefficient (Wildman–Crippen LogP) is 2.94. The summed E-state index contributed by atoms with van der Waals surface area (Å²) in [6.07, 6.45) is -0.000121. The molecule has 1 aliphatic rings. The standard InChI is InChI=1S/C18H17ClN4O6S/c1-10(17(26)21-14-5-4-12(23(27)28)8-13(14)19)29-16(25)7-11-9-30-18(20-11)22-6-2-3-15(22)24/h4-5,8-10H,2-3,6-7H2,1H3,(H,21,26). The van der Waals surface area contributed by atoms with Crippen LogP contribution in [-0.4, -0.2) is 40.3 Å². The molecule has 0 saturated carbocycles. The molecule has 158 valence electrons. The van der Waals surface area contributed by atoms with Gasteiger partial charge in [0.1, 0.15) is 0 Å². The van der Waals surface area contributed by atoms with Crippen LogP contribution in [0.2, 0.25) is 5.02 Å². The van der Waals surface area contributed by atoms with Crippen LogP contribution in [0.1, 0.15) is 25.5 Å². The zero-order chi connectivity index (χ0) is 21.8. The molecule has 3 rings (SSSR count). The van der Waals surface area contributed by atoms with Crippen LogP contribution in [0.15, 0.2) is 23.6 Å². The number of carbonyl (C=O) groups is 3. The van der Waals surface area contributed by atoms with E-state index >= 15 is 0 Å². The Morgan fingerprint density at radius 3 is 2.87 bits per heavy atom. The minimum Gasteiger partial charge on any atom is -0.452 e. The molecule has 10 nitrogen and oxygen atoms in total. The Hall–Kier alpha value is -3.05. The molecular weight excluding hydrogens is 436 g/mol. The Bertz CT molecular complexity index is 1010. The van der Waals surface area contributed by atoms with Crippen molar-refractivity contribution < 1.29 is 24.0 Å². The number of hydrogen-bond donors (Lipinski definition) is 1. The molecule has 1 N–H and O–H groups in total. The van der Waals surface area contributed by atoms with E-state index in [1.165, 1.54) is 30.4 Å². The molecule has 1 aliphatic heterocycles. The lowest BCUT2D eigenvalue weighted by Crippen LogP contribution is -2.30. The van der Waals surface area contributed by atoms with Crippen molar-refractivity contribution in [3.8, 4) is 0 Å². The van der Waals surface area contributed by atoms with Crippen molar-refractivity contribution in [3.63, 3.8) is 0 Å². The van der Waals surface area contributed by atoms with Gasteiger partial charge >= 0.3 is 5.97 Å². The van der Waals surface area contributed by atoms with Crippen LogP contribution in [0.4, 0.5) is 16.5 Å². The third kappa shape index (κ3) is 5.10. The summed E-state index contributed by atoms with van der Waals surface area (Å²) in [6.45, 7) is 2.00. The summed E-state index contributed by atoms with van der Waals surface area (Å²) in [4.78, 5) is 52.2. The fraction of sp³-hybridized carbons (Fsp3) is 0.333. The normalized spacial score (nSPS) is 14.5. The molecule has 0 bridgehead atoms. The van der Waals surface area contributed by atoms with E-state index in [1.807, 2.05) is 0 Å². The second-order valence-electron chi connectivity index (χ2n) is 6.49. The van der Waals surface area contributed by atoms with E-state index in [9.17, 15) is 24.5 Å². The van der Waals surface area contributed by atoms with E-state index in [0.29, 0.717) is 23.8 Å². The Kier molecular flexibility index (Phi) is 6.63. The molecular formula is C18H17ClN4O6S. The number of esters is 1. The van der Waals surface area contributed by atoms with Crippen LogP contribution in [0, 0.1) is 10.1 Å². The number of non-ortho nitro benzene ring substituents is 1. The molecule has 0 aliphatic carbocycles. The maximum atomic E-state index is 12.2. The lowest BCUT2D eigenvalue weighted by Gasteiger charge is -2.14. The fourth-order valence-electron chi connectivity index (χ4n) is 2.75. The lowest BCUT2D eigenvalue weighted by atomic mass is 10.2. The number of thiazole rings is 1. The van der Waals surface area contributed by atoms with Gasteiger partial charge in [-0.1, -0.05) is 11.6 Å². The fourth-order valence-corrected chi connectivity index (χ4v) is 3.84. The summed E-state index contributed by atoms with van der Waals surface area (Å²) in [5, 5.41) is 15.4. The molecule has 1 atom stereocenters. The molecule has 2 amide bonds. The van der Waals surface area contributed by atoms with E-state index in [-0.39, 0.29) is 28.7 Å². The van der Waals surface area contributed by atoms with Crippen LogP contribution in [0.5, 0.6) is 0 Å². The summed E-state index contributed by atoms with van der Waals surface area (Å²) < 4.78 is 5.13. The Labute approximate surface area is 179 Å². The minimum atomic E-state index is -1.12. The molecule has 30 heavy (non-hydrogen) atoms. The van der Waals surface area contributed by atoms with Gasteiger partial charge in [-0.3, -0.25) is 29.4 Å². The van der Waals surface area contributed by atoms with Gasteiger partial charge < -0.3 is 10.1 Å². The molecule has 1 aromatic heterocycles. The number of nitrogens with one attached hydrogen (secondary N) is 1. The van der Waals surface area contributed by atoms with Crippen molar-refractivity contribution in [2.45, 2.75) is 32.3 Å². The molecule has 2 aromatic rings. The topological polar surface area (TPSA) is 132 Å². The smallest absolute Gasteiger partial charge is 0.312 e. The number of amides is 2. The average Bonchev–Trinajstić information content (AvgIpc) is 3.31. The van der Waals surface area contributed by atoms with E-state index in [1.54, 1.807) is 10.3 Å². The SMILES string of the molecule is CC(OC(=O)Cc1csc(N2CCCC2=O)n1)C(=O)Nc1ccc([N+](=O)[O-])cc1Cl. The highest BCUT2D eigenvalue weighted by Gasteiger charge is 2.25. The Morgan fingerprint density at radius 1 is 1.47 bits per heavy atom. The summed E-state index contributed by atoms with van der Waals surface area (Å²) in [7, 11) is 0. The maximum absolute atomic E-state index is 12.2.